The number of carbonyl (C=O) groups excluding carboxylic acids is 2. The standard InChI is InChI=1S/C16H25N3O3.ClH/c1-4-22-13-8-6-5-7-12(13)9-18-14(20)10-19-16(21)15(17)11(2)3;/h5-8,11,15H,4,9-10,17H2,1-3H3,(H,18,20)(H,19,21);1H/t15-;/m0./s1. The van der Waals surface area contributed by atoms with E-state index in [-0.39, 0.29) is 36.7 Å². The Labute approximate surface area is 143 Å². The van der Waals surface area contributed by atoms with Crippen LogP contribution < -0.4 is 21.1 Å². The lowest BCUT2D eigenvalue weighted by molar-refractivity contribution is -0.127. The molecule has 4 N–H and O–H groups in total. The van der Waals surface area contributed by atoms with Gasteiger partial charge in [0, 0.05) is 12.1 Å². The van der Waals surface area contributed by atoms with Crippen molar-refractivity contribution in [2.45, 2.75) is 33.4 Å². The summed E-state index contributed by atoms with van der Waals surface area (Å²) in [4.78, 5) is 23.4. The summed E-state index contributed by atoms with van der Waals surface area (Å²) in [7, 11) is 0. The van der Waals surface area contributed by atoms with Crippen molar-refractivity contribution in [2.24, 2.45) is 11.7 Å². The molecule has 0 unspecified atom stereocenters. The number of hydrogen-bond donors (Lipinski definition) is 3. The summed E-state index contributed by atoms with van der Waals surface area (Å²) >= 11 is 0. The van der Waals surface area contributed by atoms with Gasteiger partial charge >= 0.3 is 0 Å². The van der Waals surface area contributed by atoms with Crippen LogP contribution >= 0.6 is 12.4 Å². The van der Waals surface area contributed by atoms with E-state index in [9.17, 15) is 9.59 Å². The number of benzene rings is 1. The highest BCUT2D eigenvalue weighted by Gasteiger charge is 2.17. The van der Waals surface area contributed by atoms with E-state index < -0.39 is 6.04 Å². The van der Waals surface area contributed by atoms with E-state index in [2.05, 4.69) is 10.6 Å². The first kappa shape index (κ1) is 21.2. The number of carbonyl (C=O) groups is 2. The van der Waals surface area contributed by atoms with E-state index in [0.717, 1.165) is 11.3 Å². The molecule has 0 saturated heterocycles. The highest BCUT2D eigenvalue weighted by molar-refractivity contribution is 5.87. The third-order valence-electron chi connectivity index (χ3n) is 3.19. The van der Waals surface area contributed by atoms with Gasteiger partial charge in [0.05, 0.1) is 19.2 Å². The number of nitrogens with two attached hydrogens (primary N) is 1. The number of halogens is 1. The topological polar surface area (TPSA) is 93.5 Å². The quantitative estimate of drug-likeness (QED) is 0.661. The van der Waals surface area contributed by atoms with Gasteiger partial charge in [0.25, 0.3) is 0 Å². The molecule has 0 aromatic heterocycles. The lowest BCUT2D eigenvalue weighted by Gasteiger charge is -2.15. The first-order valence-electron chi connectivity index (χ1n) is 7.46. The van der Waals surface area contributed by atoms with Crippen LogP contribution in [0.25, 0.3) is 0 Å². The smallest absolute Gasteiger partial charge is 0.239 e. The molecule has 1 aromatic carbocycles. The van der Waals surface area contributed by atoms with Crippen molar-refractivity contribution >= 4 is 24.2 Å². The zero-order valence-electron chi connectivity index (χ0n) is 13.8. The molecule has 130 valence electrons. The number of nitrogens with one attached hydrogen (secondary N) is 2. The zero-order valence-corrected chi connectivity index (χ0v) is 14.6. The molecule has 23 heavy (non-hydrogen) atoms. The van der Waals surface area contributed by atoms with Crippen LogP contribution in [0.4, 0.5) is 0 Å². The SMILES string of the molecule is CCOc1ccccc1CNC(=O)CNC(=O)[C@@H](N)C(C)C.Cl. The Hall–Kier alpha value is -1.79. The monoisotopic (exact) mass is 343 g/mol. The molecule has 0 spiro atoms. The van der Waals surface area contributed by atoms with Gasteiger partial charge in [0.15, 0.2) is 0 Å². The van der Waals surface area contributed by atoms with Crippen LogP contribution in [-0.4, -0.2) is 31.0 Å². The second-order valence-electron chi connectivity index (χ2n) is 5.31. The van der Waals surface area contributed by atoms with E-state index in [1.165, 1.54) is 0 Å². The Morgan fingerprint density at radius 1 is 1.22 bits per heavy atom. The molecule has 0 saturated carbocycles. The fourth-order valence-electron chi connectivity index (χ4n) is 1.79. The minimum atomic E-state index is -0.605. The van der Waals surface area contributed by atoms with E-state index in [1.54, 1.807) is 0 Å². The second kappa shape index (κ2) is 10.9. The predicted molar refractivity (Wildman–Crippen MR) is 92.5 cm³/mol. The van der Waals surface area contributed by atoms with Gasteiger partial charge in [0.2, 0.25) is 11.8 Å². The highest BCUT2D eigenvalue weighted by Crippen LogP contribution is 2.17. The van der Waals surface area contributed by atoms with Crippen molar-refractivity contribution in [1.29, 1.82) is 0 Å². The number of hydrogen-bond acceptors (Lipinski definition) is 4. The van der Waals surface area contributed by atoms with Gasteiger partial charge in [-0.05, 0) is 18.9 Å². The van der Waals surface area contributed by atoms with E-state index >= 15 is 0 Å². The number of rotatable bonds is 8. The van der Waals surface area contributed by atoms with Gasteiger partial charge in [-0.15, -0.1) is 12.4 Å². The molecule has 0 heterocycles. The van der Waals surface area contributed by atoms with Crippen molar-refractivity contribution < 1.29 is 14.3 Å². The minimum absolute atomic E-state index is 0. The normalized spacial score (nSPS) is 11.3. The summed E-state index contributed by atoms with van der Waals surface area (Å²) in [6.07, 6.45) is 0. The van der Waals surface area contributed by atoms with Gasteiger partial charge in [-0.3, -0.25) is 9.59 Å². The van der Waals surface area contributed by atoms with Crippen LogP contribution in [0.1, 0.15) is 26.3 Å². The first-order chi connectivity index (χ1) is 10.5. The van der Waals surface area contributed by atoms with Gasteiger partial charge in [0.1, 0.15) is 5.75 Å². The Kier molecular flexibility index (Phi) is 10.0. The molecule has 6 nitrogen and oxygen atoms in total. The lowest BCUT2D eigenvalue weighted by Crippen LogP contribution is -2.47. The molecule has 0 aliphatic rings. The van der Waals surface area contributed by atoms with Gasteiger partial charge in [-0.1, -0.05) is 32.0 Å². The van der Waals surface area contributed by atoms with Crippen molar-refractivity contribution in [1.82, 2.24) is 10.6 Å². The Bertz CT molecular complexity index is 509. The summed E-state index contributed by atoms with van der Waals surface area (Å²) in [6.45, 7) is 6.44. The summed E-state index contributed by atoms with van der Waals surface area (Å²) in [5.74, 6) is 0.188. The Morgan fingerprint density at radius 3 is 2.48 bits per heavy atom. The summed E-state index contributed by atoms with van der Waals surface area (Å²) in [5.41, 5.74) is 6.60. The molecule has 1 atom stereocenters. The van der Waals surface area contributed by atoms with Gasteiger partial charge < -0.3 is 21.1 Å². The number of amides is 2. The van der Waals surface area contributed by atoms with Crippen LogP contribution in [0, 0.1) is 5.92 Å². The van der Waals surface area contributed by atoms with Gasteiger partial charge in [-0.25, -0.2) is 0 Å². The fourth-order valence-corrected chi connectivity index (χ4v) is 1.79. The van der Waals surface area contributed by atoms with Crippen LogP contribution in [0.15, 0.2) is 24.3 Å². The molecule has 0 aliphatic heterocycles. The fraction of sp³-hybridized carbons (Fsp3) is 0.500. The minimum Gasteiger partial charge on any atom is -0.494 e. The van der Waals surface area contributed by atoms with Crippen molar-refractivity contribution in [3.05, 3.63) is 29.8 Å². The maximum Gasteiger partial charge on any atom is 0.239 e. The van der Waals surface area contributed by atoms with Crippen molar-refractivity contribution in [3.8, 4) is 5.75 Å². The number of ether oxygens (including phenoxy) is 1. The molecule has 0 aliphatic carbocycles. The molecule has 1 aromatic rings. The second-order valence-corrected chi connectivity index (χ2v) is 5.31. The van der Waals surface area contributed by atoms with Crippen molar-refractivity contribution in [3.63, 3.8) is 0 Å². The number of para-hydroxylation sites is 1. The first-order valence-corrected chi connectivity index (χ1v) is 7.46. The van der Waals surface area contributed by atoms with Crippen LogP contribution in [-0.2, 0) is 16.1 Å². The molecule has 2 amide bonds. The molecule has 0 fully saturated rings. The molecule has 7 heteroatoms. The van der Waals surface area contributed by atoms with Crippen LogP contribution in [0.2, 0.25) is 0 Å². The third kappa shape index (κ3) is 7.34. The maximum absolute atomic E-state index is 11.8. The zero-order chi connectivity index (χ0) is 16.5. The molecular formula is C16H26ClN3O3. The lowest BCUT2D eigenvalue weighted by atomic mass is 10.1. The van der Waals surface area contributed by atoms with E-state index in [1.807, 2.05) is 45.0 Å². The summed E-state index contributed by atoms with van der Waals surface area (Å²) in [6, 6.07) is 6.90. The molecule has 1 rings (SSSR count). The molecule has 0 radical (unpaired) electrons. The van der Waals surface area contributed by atoms with Crippen molar-refractivity contribution in [2.75, 3.05) is 13.2 Å². The van der Waals surface area contributed by atoms with E-state index in [4.69, 9.17) is 10.5 Å². The molecule has 0 bridgehead atoms. The molecular weight excluding hydrogens is 318 g/mol. The van der Waals surface area contributed by atoms with Gasteiger partial charge in [-0.2, -0.15) is 0 Å². The largest absolute Gasteiger partial charge is 0.494 e. The Balaban J connectivity index is 0.00000484. The maximum atomic E-state index is 11.8. The van der Waals surface area contributed by atoms with Crippen LogP contribution in [0.5, 0.6) is 5.75 Å². The highest BCUT2D eigenvalue weighted by atomic mass is 35.5. The summed E-state index contributed by atoms with van der Waals surface area (Å²) in [5, 5.41) is 5.28. The average Bonchev–Trinajstić information content (AvgIpc) is 2.51. The average molecular weight is 344 g/mol. The Morgan fingerprint density at radius 2 is 1.87 bits per heavy atom. The van der Waals surface area contributed by atoms with E-state index in [0.29, 0.717) is 13.2 Å². The third-order valence-corrected chi connectivity index (χ3v) is 3.19. The predicted octanol–water partition coefficient (Wildman–Crippen LogP) is 1.22. The summed E-state index contributed by atoms with van der Waals surface area (Å²) < 4.78 is 5.49. The van der Waals surface area contributed by atoms with Crippen LogP contribution in [0.3, 0.4) is 0 Å².